The number of carbonyl (C=O) groups excluding carboxylic acids is 1. The van der Waals surface area contributed by atoms with Gasteiger partial charge in [-0.2, -0.15) is 0 Å². The summed E-state index contributed by atoms with van der Waals surface area (Å²) < 4.78 is 11.4. The smallest absolute Gasteiger partial charge is 0.407 e. The van der Waals surface area contributed by atoms with Gasteiger partial charge in [-0.25, -0.2) is 9.78 Å². The predicted octanol–water partition coefficient (Wildman–Crippen LogP) is 7.81. The number of nitrogens with one attached hydrogen (secondary N) is 1. The zero-order valence-corrected chi connectivity index (χ0v) is 28.4. The van der Waals surface area contributed by atoms with Gasteiger partial charge in [-0.15, -0.1) is 10.2 Å². The highest BCUT2D eigenvalue weighted by Gasteiger charge is 2.13. The molecule has 1 N–H and O–H groups in total. The first-order valence-electron chi connectivity index (χ1n) is 17.3. The predicted molar refractivity (Wildman–Crippen MR) is 195 cm³/mol. The maximum atomic E-state index is 12.2. The fourth-order valence-corrected chi connectivity index (χ4v) is 5.45. The monoisotopic (exact) mass is 680 g/mol. The van der Waals surface area contributed by atoms with E-state index in [2.05, 4.69) is 35.5 Å². The van der Waals surface area contributed by atoms with Gasteiger partial charge < -0.3 is 14.8 Å². The highest BCUT2D eigenvalue weighted by molar-refractivity contribution is 5.67. The number of hydrogen-bond donors (Lipinski definition) is 1. The van der Waals surface area contributed by atoms with Crippen molar-refractivity contribution in [1.82, 2.24) is 40.4 Å². The summed E-state index contributed by atoms with van der Waals surface area (Å²) >= 11 is 0. The molecule has 0 aliphatic carbocycles. The van der Waals surface area contributed by atoms with Gasteiger partial charge in [-0.05, 0) is 98.3 Å². The molecule has 11 nitrogen and oxygen atoms in total. The van der Waals surface area contributed by atoms with E-state index < -0.39 is 0 Å². The van der Waals surface area contributed by atoms with Crippen molar-refractivity contribution in [3.63, 3.8) is 0 Å². The van der Waals surface area contributed by atoms with E-state index in [-0.39, 0.29) is 6.09 Å². The highest BCUT2D eigenvalue weighted by Crippen LogP contribution is 2.25. The van der Waals surface area contributed by atoms with Gasteiger partial charge in [0.15, 0.2) is 0 Å². The lowest BCUT2D eigenvalue weighted by Gasteiger charge is -2.10. The van der Waals surface area contributed by atoms with Crippen LogP contribution in [-0.2, 0) is 11.2 Å². The third-order valence-corrected chi connectivity index (χ3v) is 8.06. The van der Waals surface area contributed by atoms with Crippen molar-refractivity contribution in [2.75, 3.05) is 19.8 Å². The Morgan fingerprint density at radius 1 is 0.549 bits per heavy atom. The molecule has 0 aromatic carbocycles. The number of aromatic nitrogens is 7. The Kier molecular flexibility index (Phi) is 12.7. The summed E-state index contributed by atoms with van der Waals surface area (Å²) in [6, 6.07) is 28.8. The van der Waals surface area contributed by atoms with Crippen molar-refractivity contribution in [3.05, 3.63) is 121 Å². The summed E-state index contributed by atoms with van der Waals surface area (Å²) in [6.45, 7) is 1.52. The summed E-state index contributed by atoms with van der Waals surface area (Å²) in [7, 11) is 0. The Hall–Kier alpha value is -6.10. The molecule has 0 unspecified atom stereocenters. The quantitative estimate of drug-likeness (QED) is 0.0950. The molecule has 0 atom stereocenters. The summed E-state index contributed by atoms with van der Waals surface area (Å²) in [5.74, 6) is 0.759. The fourth-order valence-electron chi connectivity index (χ4n) is 5.45. The van der Waals surface area contributed by atoms with Crippen molar-refractivity contribution in [2.45, 2.75) is 44.9 Å². The van der Waals surface area contributed by atoms with Crippen LogP contribution in [0.3, 0.4) is 0 Å². The molecule has 0 saturated carbocycles. The molecule has 6 aromatic heterocycles. The molecule has 258 valence electrons. The minimum Gasteiger partial charge on any atom is -0.493 e. The van der Waals surface area contributed by atoms with Crippen molar-refractivity contribution < 1.29 is 14.3 Å². The lowest BCUT2D eigenvalue weighted by atomic mass is 10.0. The second-order valence-electron chi connectivity index (χ2n) is 11.8. The number of amides is 1. The molecule has 51 heavy (non-hydrogen) atoms. The Morgan fingerprint density at radius 3 is 1.94 bits per heavy atom. The number of aryl methyl sites for hydroxylation is 1. The molecule has 0 fully saturated rings. The van der Waals surface area contributed by atoms with Crippen LogP contribution in [0.2, 0.25) is 0 Å². The number of pyridine rings is 5. The van der Waals surface area contributed by atoms with E-state index in [1.165, 1.54) is 0 Å². The van der Waals surface area contributed by atoms with Crippen LogP contribution in [0.25, 0.3) is 45.6 Å². The first-order chi connectivity index (χ1) is 25.2. The average Bonchev–Trinajstić information content (AvgIpc) is 3.20. The minimum absolute atomic E-state index is 0.343. The molecule has 0 bridgehead atoms. The lowest BCUT2D eigenvalue weighted by molar-refractivity contribution is 0.144. The van der Waals surface area contributed by atoms with E-state index in [4.69, 9.17) is 14.5 Å². The van der Waals surface area contributed by atoms with Gasteiger partial charge >= 0.3 is 6.09 Å². The standard InChI is InChI=1S/C40H40N8O3/c49-40(51-27-12-6-14-30-28-38(33-16-4-9-22-42-33)47-48-39(30)36-17-5-10-23-43-36)45-24-7-1-2-11-26-50-31-20-25-44-37(29-31)35-19-13-18-34(46-35)32-15-3-8-21-41-32/h3-5,8-10,13,15-23,25,28-29H,1-2,6-7,11-12,14,24,26-27H2,(H,45,49). The third kappa shape index (κ3) is 10.4. The van der Waals surface area contributed by atoms with Gasteiger partial charge in [0.25, 0.3) is 0 Å². The number of hydrogen-bond acceptors (Lipinski definition) is 10. The van der Waals surface area contributed by atoms with Gasteiger partial charge in [0.1, 0.15) is 17.1 Å². The molecule has 6 heterocycles. The van der Waals surface area contributed by atoms with E-state index >= 15 is 0 Å². The molecule has 0 aliphatic rings. The Labute approximate surface area is 297 Å². The van der Waals surface area contributed by atoms with Crippen LogP contribution in [0.1, 0.15) is 44.1 Å². The van der Waals surface area contributed by atoms with E-state index in [0.717, 1.165) is 96.1 Å². The molecule has 6 rings (SSSR count). The lowest BCUT2D eigenvalue weighted by Crippen LogP contribution is -2.25. The highest BCUT2D eigenvalue weighted by atomic mass is 16.5. The number of rotatable bonds is 17. The van der Waals surface area contributed by atoms with Crippen molar-refractivity contribution in [1.29, 1.82) is 0 Å². The molecule has 6 aromatic rings. The summed E-state index contributed by atoms with van der Waals surface area (Å²) in [5.41, 5.74) is 7.17. The van der Waals surface area contributed by atoms with Crippen LogP contribution in [0.15, 0.2) is 116 Å². The van der Waals surface area contributed by atoms with Crippen LogP contribution < -0.4 is 10.1 Å². The number of carbonyl (C=O) groups is 1. The molecule has 0 spiro atoms. The Balaban J connectivity index is 0.849. The molecule has 0 radical (unpaired) electrons. The first-order valence-corrected chi connectivity index (χ1v) is 17.3. The largest absolute Gasteiger partial charge is 0.493 e. The SMILES string of the molecule is O=C(NCCCCCCOc1ccnc(-c2cccc(-c3ccccn3)n2)c1)OCCCCc1cc(-c2ccccn2)nnc1-c1ccccn1. The first kappa shape index (κ1) is 34.8. The molecular weight excluding hydrogens is 640 g/mol. The fraction of sp³-hybridized carbons (Fsp3) is 0.250. The number of unbranched alkanes of at least 4 members (excludes halogenated alkanes) is 4. The molecule has 0 aliphatic heterocycles. The second-order valence-corrected chi connectivity index (χ2v) is 11.8. The normalized spacial score (nSPS) is 10.8. The van der Waals surface area contributed by atoms with E-state index in [9.17, 15) is 4.79 Å². The zero-order valence-electron chi connectivity index (χ0n) is 28.4. The second kappa shape index (κ2) is 18.6. The van der Waals surface area contributed by atoms with Crippen LogP contribution >= 0.6 is 0 Å². The van der Waals surface area contributed by atoms with E-state index in [1.54, 1.807) is 24.8 Å². The summed E-state index contributed by atoms with van der Waals surface area (Å²) in [5, 5.41) is 11.8. The van der Waals surface area contributed by atoms with Crippen LogP contribution in [-0.4, -0.2) is 61.0 Å². The van der Waals surface area contributed by atoms with Gasteiger partial charge in [0.05, 0.1) is 47.4 Å². The maximum absolute atomic E-state index is 12.2. The Morgan fingerprint density at radius 2 is 1.20 bits per heavy atom. The van der Waals surface area contributed by atoms with Gasteiger partial charge in [0, 0.05) is 37.4 Å². The van der Waals surface area contributed by atoms with Gasteiger partial charge in [-0.1, -0.05) is 37.1 Å². The van der Waals surface area contributed by atoms with Crippen molar-refractivity contribution >= 4 is 6.09 Å². The number of alkyl carbamates (subject to hydrolysis) is 1. The van der Waals surface area contributed by atoms with Crippen molar-refractivity contribution in [3.8, 4) is 51.3 Å². The minimum atomic E-state index is -0.385. The Bertz CT molecular complexity index is 1960. The molecule has 0 saturated heterocycles. The van der Waals surface area contributed by atoms with Crippen LogP contribution in [0, 0.1) is 0 Å². The topological polar surface area (TPSA) is 138 Å². The number of ether oxygens (including phenoxy) is 2. The van der Waals surface area contributed by atoms with Crippen LogP contribution in [0.4, 0.5) is 4.79 Å². The van der Waals surface area contributed by atoms with Crippen LogP contribution in [0.5, 0.6) is 5.75 Å². The molecule has 1 amide bonds. The van der Waals surface area contributed by atoms with Crippen molar-refractivity contribution in [2.24, 2.45) is 0 Å². The summed E-state index contributed by atoms with van der Waals surface area (Å²) in [4.78, 5) is 34.7. The van der Waals surface area contributed by atoms with E-state index in [0.29, 0.717) is 25.5 Å². The molecular formula is C40H40N8O3. The molecule has 11 heteroatoms. The third-order valence-electron chi connectivity index (χ3n) is 8.06. The van der Waals surface area contributed by atoms with Gasteiger partial charge in [0.2, 0.25) is 0 Å². The average molecular weight is 681 g/mol. The number of nitrogens with zero attached hydrogens (tertiary/aromatic N) is 7. The summed E-state index contributed by atoms with van der Waals surface area (Å²) in [6.07, 6.45) is 12.6. The maximum Gasteiger partial charge on any atom is 0.407 e. The van der Waals surface area contributed by atoms with E-state index in [1.807, 2.05) is 91.0 Å². The van der Waals surface area contributed by atoms with Gasteiger partial charge in [-0.3, -0.25) is 19.9 Å². The zero-order chi connectivity index (χ0) is 34.9.